The van der Waals surface area contributed by atoms with Gasteiger partial charge in [0.25, 0.3) is 0 Å². The van der Waals surface area contributed by atoms with E-state index in [1.54, 1.807) is 0 Å². The van der Waals surface area contributed by atoms with Crippen LogP contribution in [0.4, 0.5) is 0 Å². The third-order valence-electron chi connectivity index (χ3n) is 7.79. The quantitative estimate of drug-likeness (QED) is 0.201. The summed E-state index contributed by atoms with van der Waals surface area (Å²) in [6, 6.07) is 0. The summed E-state index contributed by atoms with van der Waals surface area (Å²) in [5, 5.41) is 8.87. The van der Waals surface area contributed by atoms with Crippen LogP contribution in [0, 0.1) is 17.3 Å². The Morgan fingerprint density at radius 2 is 1.89 bits per heavy atom. The van der Waals surface area contributed by atoms with E-state index in [0.29, 0.717) is 12.3 Å². The number of hydrogen-bond donors (Lipinski definition) is 1. The maximum atomic E-state index is 10.8. The monoisotopic (exact) mass is 506 g/mol. The molecular weight excluding hydrogens is 456 g/mol. The normalized spacial score (nSPS) is 28.8. The molecule has 0 aromatic heterocycles. The fourth-order valence-electron chi connectivity index (χ4n) is 5.63. The molecule has 206 valence electrons. The Hall–Kier alpha value is -1.21. The average molecular weight is 507 g/mol. The average Bonchev–Trinajstić information content (AvgIpc) is 3.19. The van der Waals surface area contributed by atoms with Gasteiger partial charge < -0.3 is 24.1 Å². The summed E-state index contributed by atoms with van der Waals surface area (Å²) in [4.78, 5) is 10.8. The minimum Gasteiger partial charge on any atom is -0.481 e. The van der Waals surface area contributed by atoms with E-state index in [-0.39, 0.29) is 30.1 Å². The zero-order valence-corrected chi connectivity index (χ0v) is 22.9. The Labute approximate surface area is 218 Å². The molecule has 2 heterocycles. The molecule has 1 spiro atoms. The molecule has 0 aromatic rings. The smallest absolute Gasteiger partial charge is 0.303 e. The molecule has 0 radical (unpaired) electrons. The topological polar surface area (TPSA) is 74.2 Å². The Kier molecular flexibility index (Phi) is 11.9. The van der Waals surface area contributed by atoms with Crippen molar-refractivity contribution in [3.05, 3.63) is 24.3 Å². The SMILES string of the molecule is CCCCCC(/C=C/C1CCC2(OCC(C)(C)CO2)C1CC/C=C\CCC(=O)O)OC1CCCCO1. The van der Waals surface area contributed by atoms with Gasteiger partial charge in [0.15, 0.2) is 12.1 Å². The lowest BCUT2D eigenvalue weighted by atomic mass is 9.85. The van der Waals surface area contributed by atoms with Gasteiger partial charge in [-0.15, -0.1) is 0 Å². The van der Waals surface area contributed by atoms with Gasteiger partial charge in [-0.1, -0.05) is 64.3 Å². The summed E-state index contributed by atoms with van der Waals surface area (Å²) in [5.41, 5.74) is 0.0403. The molecule has 6 heteroatoms. The van der Waals surface area contributed by atoms with E-state index in [2.05, 4.69) is 39.0 Å². The van der Waals surface area contributed by atoms with Crippen LogP contribution in [0.2, 0.25) is 0 Å². The van der Waals surface area contributed by atoms with Crippen molar-refractivity contribution in [1.82, 2.24) is 0 Å². The molecule has 36 heavy (non-hydrogen) atoms. The van der Waals surface area contributed by atoms with E-state index in [1.165, 1.54) is 25.7 Å². The zero-order valence-electron chi connectivity index (χ0n) is 22.9. The molecule has 2 aliphatic heterocycles. The lowest BCUT2D eigenvalue weighted by Crippen LogP contribution is -2.50. The van der Waals surface area contributed by atoms with Crippen molar-refractivity contribution in [2.75, 3.05) is 19.8 Å². The summed E-state index contributed by atoms with van der Waals surface area (Å²) >= 11 is 0. The van der Waals surface area contributed by atoms with Gasteiger partial charge in [0.2, 0.25) is 0 Å². The number of unbranched alkanes of at least 4 members (excludes halogenated alkanes) is 2. The minimum absolute atomic E-state index is 0.0403. The summed E-state index contributed by atoms with van der Waals surface area (Å²) in [5.74, 6) is -0.607. The number of carboxylic acid groups (broad SMARTS) is 1. The molecule has 0 amide bonds. The summed E-state index contributed by atoms with van der Waals surface area (Å²) in [6.45, 7) is 8.86. The largest absolute Gasteiger partial charge is 0.481 e. The van der Waals surface area contributed by atoms with Crippen LogP contribution in [-0.4, -0.2) is 49.1 Å². The third kappa shape index (κ3) is 9.27. The molecule has 3 aliphatic rings. The second-order valence-corrected chi connectivity index (χ2v) is 11.7. The molecule has 1 saturated carbocycles. The van der Waals surface area contributed by atoms with Gasteiger partial charge in [0.05, 0.1) is 19.3 Å². The molecule has 4 atom stereocenters. The number of aliphatic carboxylic acids is 1. The van der Waals surface area contributed by atoms with Crippen molar-refractivity contribution in [3.8, 4) is 0 Å². The van der Waals surface area contributed by atoms with E-state index in [4.69, 9.17) is 24.1 Å². The fourth-order valence-corrected chi connectivity index (χ4v) is 5.63. The lowest BCUT2D eigenvalue weighted by Gasteiger charge is -2.45. The number of carbonyl (C=O) groups is 1. The van der Waals surface area contributed by atoms with E-state index in [0.717, 1.165) is 64.8 Å². The van der Waals surface area contributed by atoms with Gasteiger partial charge in [-0.25, -0.2) is 0 Å². The lowest BCUT2D eigenvalue weighted by molar-refractivity contribution is -0.316. The first kappa shape index (κ1) is 29.3. The molecular formula is C30H50O6. The maximum Gasteiger partial charge on any atom is 0.303 e. The van der Waals surface area contributed by atoms with Crippen LogP contribution in [0.15, 0.2) is 24.3 Å². The Bertz CT molecular complexity index is 698. The molecule has 3 rings (SSSR count). The van der Waals surface area contributed by atoms with E-state index >= 15 is 0 Å². The van der Waals surface area contributed by atoms with Crippen LogP contribution in [-0.2, 0) is 23.7 Å². The summed E-state index contributed by atoms with van der Waals surface area (Å²) in [6.07, 6.45) is 21.3. The number of rotatable bonds is 14. The maximum absolute atomic E-state index is 10.8. The first-order valence-electron chi connectivity index (χ1n) is 14.4. The number of ether oxygens (including phenoxy) is 4. The highest BCUT2D eigenvalue weighted by Gasteiger charge is 2.52. The molecule has 6 nitrogen and oxygen atoms in total. The van der Waals surface area contributed by atoms with E-state index in [9.17, 15) is 4.79 Å². The third-order valence-corrected chi connectivity index (χ3v) is 7.79. The molecule has 1 N–H and O–H groups in total. The first-order valence-corrected chi connectivity index (χ1v) is 14.4. The van der Waals surface area contributed by atoms with Crippen LogP contribution in [0.5, 0.6) is 0 Å². The number of carboxylic acids is 1. The summed E-state index contributed by atoms with van der Waals surface area (Å²) < 4.78 is 25.3. The summed E-state index contributed by atoms with van der Waals surface area (Å²) in [7, 11) is 0. The predicted molar refractivity (Wildman–Crippen MR) is 142 cm³/mol. The van der Waals surface area contributed by atoms with E-state index in [1.807, 2.05) is 6.08 Å². The number of hydrogen-bond acceptors (Lipinski definition) is 5. The van der Waals surface area contributed by atoms with Crippen molar-refractivity contribution in [1.29, 1.82) is 0 Å². The van der Waals surface area contributed by atoms with Crippen LogP contribution < -0.4 is 0 Å². The van der Waals surface area contributed by atoms with Crippen molar-refractivity contribution in [2.45, 2.75) is 122 Å². The molecule has 3 fully saturated rings. The standard InChI is InChI=1S/C30H50O6/c1-4-5-8-13-25(36-28-16-11-12-21-33-28)18-17-24-19-20-30(34-22-29(2,3)23-35-30)26(24)14-9-6-7-10-15-27(31)32/h6-7,17-18,24-26,28H,4-5,8-16,19-23H2,1-3H3,(H,31,32)/b7-6-,18-17+. The van der Waals surface area contributed by atoms with Crippen molar-refractivity contribution in [2.24, 2.45) is 17.3 Å². The van der Waals surface area contributed by atoms with Gasteiger partial charge in [-0.3, -0.25) is 4.79 Å². The second kappa shape index (κ2) is 14.7. The zero-order chi connectivity index (χ0) is 25.9. The molecule has 0 bridgehead atoms. The van der Waals surface area contributed by atoms with Crippen LogP contribution in [0.3, 0.4) is 0 Å². The van der Waals surface area contributed by atoms with E-state index < -0.39 is 11.8 Å². The van der Waals surface area contributed by atoms with Crippen molar-refractivity contribution in [3.63, 3.8) is 0 Å². The van der Waals surface area contributed by atoms with Crippen LogP contribution in [0.1, 0.15) is 104 Å². The first-order chi connectivity index (χ1) is 17.3. The Balaban J connectivity index is 1.65. The Morgan fingerprint density at radius 3 is 2.58 bits per heavy atom. The van der Waals surface area contributed by atoms with Gasteiger partial charge in [-0.2, -0.15) is 0 Å². The highest BCUT2D eigenvalue weighted by Crippen LogP contribution is 2.50. The highest BCUT2D eigenvalue weighted by molar-refractivity contribution is 5.66. The fraction of sp³-hybridized carbons (Fsp3) is 0.833. The molecule has 1 aliphatic carbocycles. The highest BCUT2D eigenvalue weighted by atomic mass is 16.7. The second-order valence-electron chi connectivity index (χ2n) is 11.7. The Morgan fingerprint density at radius 1 is 1.11 bits per heavy atom. The van der Waals surface area contributed by atoms with Crippen LogP contribution in [0.25, 0.3) is 0 Å². The predicted octanol–water partition coefficient (Wildman–Crippen LogP) is 7.03. The molecule has 0 aromatic carbocycles. The van der Waals surface area contributed by atoms with Crippen molar-refractivity contribution < 1.29 is 28.8 Å². The van der Waals surface area contributed by atoms with Gasteiger partial charge in [-0.05, 0) is 57.3 Å². The van der Waals surface area contributed by atoms with Gasteiger partial charge in [0.1, 0.15) is 0 Å². The number of allylic oxidation sites excluding steroid dienone is 3. The minimum atomic E-state index is -0.749. The van der Waals surface area contributed by atoms with Gasteiger partial charge in [0, 0.05) is 30.8 Å². The van der Waals surface area contributed by atoms with Crippen molar-refractivity contribution >= 4 is 5.97 Å². The molecule has 2 saturated heterocycles. The molecule has 4 unspecified atom stereocenters. The van der Waals surface area contributed by atoms with Gasteiger partial charge >= 0.3 is 5.97 Å². The van der Waals surface area contributed by atoms with Crippen LogP contribution >= 0.6 is 0 Å².